The number of nitrogen functional groups attached to an aromatic ring is 1. The van der Waals surface area contributed by atoms with E-state index in [4.69, 9.17) is 10.5 Å². The lowest BCUT2D eigenvalue weighted by Gasteiger charge is -2.05. The minimum absolute atomic E-state index is 0.653. The second-order valence-electron chi connectivity index (χ2n) is 2.01. The van der Waals surface area contributed by atoms with Crippen molar-refractivity contribution in [1.29, 1.82) is 0 Å². The van der Waals surface area contributed by atoms with Crippen molar-refractivity contribution in [3.05, 3.63) is 20.2 Å². The third kappa shape index (κ3) is 1.99. The molecular formula is C7H7BrINO. The molecule has 2 N–H and O–H groups in total. The quantitative estimate of drug-likeness (QED) is 0.635. The Labute approximate surface area is 87.4 Å². The van der Waals surface area contributed by atoms with E-state index in [0.717, 1.165) is 13.8 Å². The molecule has 0 bridgehead atoms. The zero-order valence-corrected chi connectivity index (χ0v) is 9.64. The molecule has 1 rings (SSSR count). The van der Waals surface area contributed by atoms with Gasteiger partial charge in [0.2, 0.25) is 0 Å². The van der Waals surface area contributed by atoms with Gasteiger partial charge in [0.1, 0.15) is 5.75 Å². The van der Waals surface area contributed by atoms with Crippen LogP contribution in [-0.4, -0.2) is 7.11 Å². The molecule has 0 aliphatic carbocycles. The van der Waals surface area contributed by atoms with Gasteiger partial charge in [-0.3, -0.25) is 0 Å². The lowest BCUT2D eigenvalue weighted by molar-refractivity contribution is 0.416. The molecule has 0 fully saturated rings. The first-order valence-corrected chi connectivity index (χ1v) is 4.81. The van der Waals surface area contributed by atoms with Crippen LogP contribution in [0.4, 0.5) is 5.69 Å². The molecule has 0 aliphatic rings. The van der Waals surface area contributed by atoms with Gasteiger partial charge in [0.15, 0.2) is 0 Å². The van der Waals surface area contributed by atoms with Crippen LogP contribution in [0.1, 0.15) is 0 Å². The number of ether oxygens (including phenoxy) is 1. The van der Waals surface area contributed by atoms with E-state index in [2.05, 4.69) is 38.5 Å². The highest BCUT2D eigenvalue weighted by molar-refractivity contribution is 14.1. The van der Waals surface area contributed by atoms with Crippen molar-refractivity contribution in [2.24, 2.45) is 0 Å². The SMILES string of the molecule is COc1cc(I)c(Br)cc1N. The summed E-state index contributed by atoms with van der Waals surface area (Å²) in [7, 11) is 1.61. The number of hydrogen-bond acceptors (Lipinski definition) is 2. The summed E-state index contributed by atoms with van der Waals surface area (Å²) in [5.74, 6) is 0.720. The molecule has 1 aromatic rings. The molecule has 0 unspecified atom stereocenters. The van der Waals surface area contributed by atoms with Gasteiger partial charge in [-0.05, 0) is 50.7 Å². The first-order valence-electron chi connectivity index (χ1n) is 2.93. The summed E-state index contributed by atoms with van der Waals surface area (Å²) in [5.41, 5.74) is 6.30. The van der Waals surface area contributed by atoms with E-state index >= 15 is 0 Å². The van der Waals surface area contributed by atoms with Gasteiger partial charge in [0, 0.05) is 8.04 Å². The number of rotatable bonds is 1. The Morgan fingerprint density at radius 1 is 1.55 bits per heavy atom. The van der Waals surface area contributed by atoms with Gasteiger partial charge < -0.3 is 10.5 Å². The van der Waals surface area contributed by atoms with Crippen molar-refractivity contribution in [2.45, 2.75) is 0 Å². The predicted molar refractivity (Wildman–Crippen MR) is 57.8 cm³/mol. The molecule has 2 nitrogen and oxygen atoms in total. The highest BCUT2D eigenvalue weighted by atomic mass is 127. The maximum absolute atomic E-state index is 5.64. The number of anilines is 1. The highest BCUT2D eigenvalue weighted by Crippen LogP contribution is 2.29. The van der Waals surface area contributed by atoms with Crippen LogP contribution in [-0.2, 0) is 0 Å². The van der Waals surface area contributed by atoms with Crippen LogP contribution < -0.4 is 10.5 Å². The summed E-state index contributed by atoms with van der Waals surface area (Å²) >= 11 is 5.57. The zero-order chi connectivity index (χ0) is 8.43. The van der Waals surface area contributed by atoms with Gasteiger partial charge in [-0.25, -0.2) is 0 Å². The van der Waals surface area contributed by atoms with Gasteiger partial charge >= 0.3 is 0 Å². The molecule has 1 aromatic carbocycles. The van der Waals surface area contributed by atoms with Crippen LogP contribution in [0.25, 0.3) is 0 Å². The lowest BCUT2D eigenvalue weighted by atomic mass is 10.3. The Bertz CT molecular complexity index is 277. The van der Waals surface area contributed by atoms with Crippen LogP contribution in [0.3, 0.4) is 0 Å². The molecule has 0 saturated carbocycles. The smallest absolute Gasteiger partial charge is 0.142 e. The molecule has 11 heavy (non-hydrogen) atoms. The number of benzene rings is 1. The van der Waals surface area contributed by atoms with Crippen molar-refractivity contribution in [3.63, 3.8) is 0 Å². The number of hydrogen-bond donors (Lipinski definition) is 1. The van der Waals surface area contributed by atoms with Gasteiger partial charge in [0.05, 0.1) is 12.8 Å². The Hall–Kier alpha value is 0.0300. The largest absolute Gasteiger partial charge is 0.495 e. The fourth-order valence-corrected chi connectivity index (χ4v) is 1.52. The summed E-state index contributed by atoms with van der Waals surface area (Å²) in [6.45, 7) is 0. The van der Waals surface area contributed by atoms with Gasteiger partial charge in [-0.1, -0.05) is 0 Å². The Kier molecular flexibility index (Phi) is 3.00. The molecule has 0 heterocycles. The molecule has 60 valence electrons. The van der Waals surface area contributed by atoms with Crippen LogP contribution in [0.15, 0.2) is 16.6 Å². The third-order valence-electron chi connectivity index (χ3n) is 1.27. The first kappa shape index (κ1) is 9.12. The normalized spacial score (nSPS) is 9.73. The molecule has 0 amide bonds. The van der Waals surface area contributed by atoms with Crippen molar-refractivity contribution in [3.8, 4) is 5.75 Å². The van der Waals surface area contributed by atoms with E-state index in [9.17, 15) is 0 Å². The topological polar surface area (TPSA) is 35.2 Å². The maximum atomic E-state index is 5.64. The van der Waals surface area contributed by atoms with E-state index in [1.165, 1.54) is 0 Å². The van der Waals surface area contributed by atoms with Crippen molar-refractivity contribution in [2.75, 3.05) is 12.8 Å². The second kappa shape index (κ2) is 3.62. The summed E-state index contributed by atoms with van der Waals surface area (Å²) < 4.78 is 7.12. The Morgan fingerprint density at radius 2 is 2.18 bits per heavy atom. The summed E-state index contributed by atoms with van der Waals surface area (Å²) in [4.78, 5) is 0. The first-order chi connectivity index (χ1) is 5.15. The van der Waals surface area contributed by atoms with Gasteiger partial charge in [-0.2, -0.15) is 0 Å². The van der Waals surface area contributed by atoms with Crippen molar-refractivity contribution < 1.29 is 4.74 Å². The average Bonchev–Trinajstić information content (AvgIpc) is 1.97. The van der Waals surface area contributed by atoms with E-state index in [1.54, 1.807) is 7.11 Å². The lowest BCUT2D eigenvalue weighted by Crippen LogP contribution is -1.92. The van der Waals surface area contributed by atoms with Crippen LogP contribution in [0.5, 0.6) is 5.75 Å². The Morgan fingerprint density at radius 3 is 2.73 bits per heavy atom. The van der Waals surface area contributed by atoms with E-state index in [0.29, 0.717) is 5.69 Å². The van der Waals surface area contributed by atoms with Crippen LogP contribution >= 0.6 is 38.5 Å². The highest BCUT2D eigenvalue weighted by Gasteiger charge is 2.02. The Balaban J connectivity index is 3.21. The minimum atomic E-state index is 0.653. The fourth-order valence-electron chi connectivity index (χ4n) is 0.721. The van der Waals surface area contributed by atoms with Crippen LogP contribution in [0, 0.1) is 3.57 Å². The summed E-state index contributed by atoms with van der Waals surface area (Å²) in [5, 5.41) is 0. The maximum Gasteiger partial charge on any atom is 0.142 e. The molecule has 0 spiro atoms. The molecule has 0 atom stereocenters. The molecular weight excluding hydrogens is 321 g/mol. The standard InChI is InChI=1S/C7H7BrINO/c1-11-7-3-5(9)4(8)2-6(7)10/h2-3H,10H2,1H3. The summed E-state index contributed by atoms with van der Waals surface area (Å²) in [6, 6.07) is 3.72. The van der Waals surface area contributed by atoms with Gasteiger partial charge in [0.25, 0.3) is 0 Å². The minimum Gasteiger partial charge on any atom is -0.495 e. The van der Waals surface area contributed by atoms with E-state index in [-0.39, 0.29) is 0 Å². The monoisotopic (exact) mass is 327 g/mol. The summed E-state index contributed by atoms with van der Waals surface area (Å²) in [6.07, 6.45) is 0. The molecule has 0 aromatic heterocycles. The van der Waals surface area contributed by atoms with Crippen molar-refractivity contribution in [1.82, 2.24) is 0 Å². The zero-order valence-electron chi connectivity index (χ0n) is 5.90. The van der Waals surface area contributed by atoms with Gasteiger partial charge in [-0.15, -0.1) is 0 Å². The number of halogens is 2. The third-order valence-corrected chi connectivity index (χ3v) is 3.56. The van der Waals surface area contributed by atoms with E-state index in [1.807, 2.05) is 12.1 Å². The number of methoxy groups -OCH3 is 1. The van der Waals surface area contributed by atoms with E-state index < -0.39 is 0 Å². The molecule has 0 radical (unpaired) electrons. The number of nitrogens with two attached hydrogens (primary N) is 1. The second-order valence-corrected chi connectivity index (χ2v) is 4.02. The van der Waals surface area contributed by atoms with Crippen LogP contribution in [0.2, 0.25) is 0 Å². The molecule has 4 heteroatoms. The van der Waals surface area contributed by atoms with Crippen molar-refractivity contribution >= 4 is 44.2 Å². The fraction of sp³-hybridized carbons (Fsp3) is 0.143. The molecule has 0 aliphatic heterocycles. The average molecular weight is 328 g/mol. The molecule has 0 saturated heterocycles. The predicted octanol–water partition coefficient (Wildman–Crippen LogP) is 2.64.